The molecule has 2 heterocycles. The van der Waals surface area contributed by atoms with Gasteiger partial charge in [-0.3, -0.25) is 4.98 Å². The van der Waals surface area contributed by atoms with Crippen LogP contribution in [0.2, 0.25) is 5.02 Å². The quantitative estimate of drug-likeness (QED) is 0.868. The molecule has 3 rings (SSSR count). The van der Waals surface area contributed by atoms with Crippen LogP contribution in [0.5, 0.6) is 0 Å². The summed E-state index contributed by atoms with van der Waals surface area (Å²) in [6.45, 7) is 1.54. The second kappa shape index (κ2) is 3.92. The van der Waals surface area contributed by atoms with Gasteiger partial charge in [-0.2, -0.15) is 0 Å². The number of fused-ring (bicyclic) bond motifs is 1. The fourth-order valence-corrected chi connectivity index (χ4v) is 2.02. The number of hydrogen-bond donors (Lipinski definition) is 1. The summed E-state index contributed by atoms with van der Waals surface area (Å²) in [4.78, 5) is 4.29. The van der Waals surface area contributed by atoms with Crippen molar-refractivity contribution in [3.05, 3.63) is 35.5 Å². The topological polar surface area (TPSA) is 34.1 Å². The van der Waals surface area contributed by atoms with E-state index in [0.29, 0.717) is 11.1 Å². The lowest BCUT2D eigenvalue weighted by molar-refractivity contribution is 0.0211. The zero-order valence-electron chi connectivity index (χ0n) is 8.61. The van der Waals surface area contributed by atoms with E-state index in [1.807, 2.05) is 24.3 Å². The fraction of sp³-hybridized carbons (Fsp3) is 0.250. The average molecular weight is 235 g/mol. The molecule has 0 atom stereocenters. The number of aromatic nitrogens is 1. The van der Waals surface area contributed by atoms with Gasteiger partial charge >= 0.3 is 0 Å². The fourth-order valence-electron chi connectivity index (χ4n) is 1.80. The first kappa shape index (κ1) is 9.87. The van der Waals surface area contributed by atoms with Crippen molar-refractivity contribution in [2.24, 2.45) is 0 Å². The summed E-state index contributed by atoms with van der Waals surface area (Å²) < 4.78 is 5.14. The maximum atomic E-state index is 6.10. The van der Waals surface area contributed by atoms with Crippen molar-refractivity contribution in [1.82, 2.24) is 4.98 Å². The summed E-state index contributed by atoms with van der Waals surface area (Å²) in [6.07, 6.45) is 1.75. The summed E-state index contributed by atoms with van der Waals surface area (Å²) in [5.74, 6) is 0. The zero-order valence-corrected chi connectivity index (χ0v) is 9.37. The number of halogens is 1. The number of rotatable bonds is 2. The van der Waals surface area contributed by atoms with Crippen LogP contribution < -0.4 is 5.32 Å². The van der Waals surface area contributed by atoms with Crippen LogP contribution in [0.3, 0.4) is 0 Å². The molecule has 2 aromatic rings. The van der Waals surface area contributed by atoms with Gasteiger partial charge in [-0.25, -0.2) is 0 Å². The monoisotopic (exact) mass is 234 g/mol. The van der Waals surface area contributed by atoms with Crippen LogP contribution in [0.25, 0.3) is 10.9 Å². The number of pyridine rings is 1. The van der Waals surface area contributed by atoms with Crippen LogP contribution in [0, 0.1) is 0 Å². The van der Waals surface area contributed by atoms with E-state index in [2.05, 4.69) is 10.3 Å². The Morgan fingerprint density at radius 3 is 2.94 bits per heavy atom. The normalized spacial score (nSPS) is 16.1. The summed E-state index contributed by atoms with van der Waals surface area (Å²) >= 11 is 6.10. The molecule has 0 saturated carbocycles. The lowest BCUT2D eigenvalue weighted by atomic mass is 10.1. The van der Waals surface area contributed by atoms with Gasteiger partial charge in [-0.15, -0.1) is 0 Å². The minimum absolute atomic E-state index is 0.407. The van der Waals surface area contributed by atoms with Gasteiger partial charge in [0.15, 0.2) is 0 Å². The maximum absolute atomic E-state index is 6.10. The number of nitrogens with zero attached hydrogens (tertiary/aromatic N) is 1. The molecule has 82 valence electrons. The van der Waals surface area contributed by atoms with Crippen molar-refractivity contribution < 1.29 is 4.74 Å². The maximum Gasteiger partial charge on any atom is 0.0908 e. The molecule has 16 heavy (non-hydrogen) atoms. The number of benzene rings is 1. The van der Waals surface area contributed by atoms with Gasteiger partial charge in [0.05, 0.1) is 29.8 Å². The Bertz CT molecular complexity index is 525. The highest BCUT2D eigenvalue weighted by atomic mass is 35.5. The van der Waals surface area contributed by atoms with Crippen molar-refractivity contribution in [3.8, 4) is 0 Å². The third kappa shape index (κ3) is 1.62. The Kier molecular flexibility index (Phi) is 2.42. The second-order valence-corrected chi connectivity index (χ2v) is 4.28. The van der Waals surface area contributed by atoms with E-state index in [-0.39, 0.29) is 0 Å². The molecule has 4 heteroatoms. The number of nitrogens with one attached hydrogen (secondary N) is 1. The minimum atomic E-state index is 0.407. The van der Waals surface area contributed by atoms with Crippen LogP contribution in [0.4, 0.5) is 5.69 Å². The molecule has 1 aliphatic rings. The molecule has 1 fully saturated rings. The smallest absolute Gasteiger partial charge is 0.0908 e. The molecule has 3 nitrogen and oxygen atoms in total. The molecule has 0 radical (unpaired) electrons. The predicted octanol–water partition coefficient (Wildman–Crippen LogP) is 2.70. The van der Waals surface area contributed by atoms with Crippen LogP contribution >= 0.6 is 11.6 Å². The number of hydrogen-bond acceptors (Lipinski definition) is 3. The molecule has 1 saturated heterocycles. The van der Waals surface area contributed by atoms with Crippen LogP contribution in [-0.4, -0.2) is 24.2 Å². The lowest BCUT2D eigenvalue weighted by Crippen LogP contribution is -2.40. The van der Waals surface area contributed by atoms with E-state index in [1.54, 1.807) is 6.20 Å². The first-order valence-electron chi connectivity index (χ1n) is 5.22. The summed E-state index contributed by atoms with van der Waals surface area (Å²) in [5, 5.41) is 5.17. The largest absolute Gasteiger partial charge is 0.377 e. The molecule has 1 N–H and O–H groups in total. The van der Waals surface area contributed by atoms with E-state index in [9.17, 15) is 0 Å². The molecular weight excluding hydrogens is 224 g/mol. The van der Waals surface area contributed by atoms with Crippen molar-refractivity contribution in [2.45, 2.75) is 6.04 Å². The Balaban J connectivity index is 2.06. The molecule has 0 bridgehead atoms. The van der Waals surface area contributed by atoms with Gasteiger partial charge in [0, 0.05) is 17.3 Å². The van der Waals surface area contributed by atoms with Gasteiger partial charge in [-0.1, -0.05) is 11.6 Å². The van der Waals surface area contributed by atoms with Crippen LogP contribution in [-0.2, 0) is 4.74 Å². The Morgan fingerprint density at radius 2 is 2.19 bits per heavy atom. The molecule has 0 aliphatic carbocycles. The lowest BCUT2D eigenvalue weighted by Gasteiger charge is -2.28. The third-order valence-corrected chi connectivity index (χ3v) is 3.02. The average Bonchev–Trinajstić information content (AvgIpc) is 2.26. The van der Waals surface area contributed by atoms with Gasteiger partial charge in [0.2, 0.25) is 0 Å². The molecule has 1 aromatic heterocycles. The highest BCUT2D eigenvalue weighted by Crippen LogP contribution is 2.28. The SMILES string of the molecule is Clc1ccc(NC2COC2)c2cccnc12. The van der Waals surface area contributed by atoms with Gasteiger partial charge in [-0.05, 0) is 24.3 Å². The van der Waals surface area contributed by atoms with E-state index in [1.165, 1.54) is 0 Å². The van der Waals surface area contributed by atoms with Gasteiger partial charge in [0.1, 0.15) is 0 Å². The second-order valence-electron chi connectivity index (χ2n) is 3.87. The molecule has 0 spiro atoms. The Morgan fingerprint density at radius 1 is 1.31 bits per heavy atom. The van der Waals surface area contributed by atoms with E-state index < -0.39 is 0 Å². The van der Waals surface area contributed by atoms with Crippen LogP contribution in [0.1, 0.15) is 0 Å². The molecular formula is C12H11ClN2O. The predicted molar refractivity (Wildman–Crippen MR) is 65.0 cm³/mol. The Labute approximate surface area is 98.4 Å². The molecule has 0 amide bonds. The summed E-state index contributed by atoms with van der Waals surface area (Å²) in [7, 11) is 0. The first-order chi connectivity index (χ1) is 7.84. The molecule has 1 aromatic carbocycles. The standard InChI is InChI=1S/C12H11ClN2O/c13-10-3-4-11(15-8-6-16-7-8)9-2-1-5-14-12(9)10/h1-5,8,15H,6-7H2. The number of ether oxygens (including phenoxy) is 1. The van der Waals surface area contributed by atoms with Gasteiger partial charge in [0.25, 0.3) is 0 Å². The van der Waals surface area contributed by atoms with Gasteiger partial charge < -0.3 is 10.1 Å². The highest BCUT2D eigenvalue weighted by molar-refractivity contribution is 6.35. The van der Waals surface area contributed by atoms with E-state index >= 15 is 0 Å². The highest BCUT2D eigenvalue weighted by Gasteiger charge is 2.18. The molecule has 0 unspecified atom stereocenters. The third-order valence-electron chi connectivity index (χ3n) is 2.72. The van der Waals surface area contributed by atoms with Crippen molar-refractivity contribution in [3.63, 3.8) is 0 Å². The van der Waals surface area contributed by atoms with Crippen LogP contribution in [0.15, 0.2) is 30.5 Å². The zero-order chi connectivity index (χ0) is 11.0. The summed E-state index contributed by atoms with van der Waals surface area (Å²) in [6, 6.07) is 8.21. The number of anilines is 1. The summed E-state index contributed by atoms with van der Waals surface area (Å²) in [5.41, 5.74) is 1.91. The van der Waals surface area contributed by atoms with Crippen molar-refractivity contribution in [1.29, 1.82) is 0 Å². The minimum Gasteiger partial charge on any atom is -0.377 e. The van der Waals surface area contributed by atoms with Crippen molar-refractivity contribution in [2.75, 3.05) is 18.5 Å². The van der Waals surface area contributed by atoms with Crippen molar-refractivity contribution >= 4 is 28.2 Å². The first-order valence-corrected chi connectivity index (χ1v) is 5.60. The van der Waals surface area contributed by atoms with E-state index in [4.69, 9.17) is 16.3 Å². The molecule has 1 aliphatic heterocycles. The Hall–Kier alpha value is -1.32. The van der Waals surface area contributed by atoms with E-state index in [0.717, 1.165) is 29.8 Å².